The fourth-order valence-corrected chi connectivity index (χ4v) is 1.78. The molecule has 0 unspecified atom stereocenters. The Morgan fingerprint density at radius 2 is 1.93 bits per heavy atom. The lowest BCUT2D eigenvalue weighted by Crippen LogP contribution is -1.85. The number of benzene rings is 1. The Balaban J connectivity index is 2.47. The maximum atomic E-state index is 8.65. The molecule has 1 aromatic heterocycles. The number of rotatable bonds is 1. The van der Waals surface area contributed by atoms with Crippen LogP contribution < -0.4 is 0 Å². The van der Waals surface area contributed by atoms with Gasteiger partial charge in [-0.3, -0.25) is 4.98 Å². The smallest absolute Gasteiger partial charge is 0.101 e. The minimum atomic E-state index is 0.575. The summed E-state index contributed by atoms with van der Waals surface area (Å²) in [4.78, 5) is 4.23. The molecule has 1 heterocycles. The second kappa shape index (κ2) is 4.24. The first-order valence-electron chi connectivity index (χ1n) is 4.42. The molecule has 0 bridgehead atoms. The van der Waals surface area contributed by atoms with E-state index < -0.39 is 0 Å². The van der Waals surface area contributed by atoms with Gasteiger partial charge in [-0.25, -0.2) is 0 Å². The van der Waals surface area contributed by atoms with Gasteiger partial charge in [0, 0.05) is 16.2 Å². The van der Waals surface area contributed by atoms with E-state index in [0.29, 0.717) is 5.56 Å². The molecule has 0 saturated carbocycles. The van der Waals surface area contributed by atoms with E-state index in [1.54, 1.807) is 12.3 Å². The van der Waals surface area contributed by atoms with Gasteiger partial charge in [-0.05, 0) is 18.2 Å². The maximum absolute atomic E-state index is 8.65. The summed E-state index contributed by atoms with van der Waals surface area (Å²) in [6, 6.07) is 13.5. The first-order chi connectivity index (χ1) is 7.31. The fraction of sp³-hybridized carbons (Fsp3) is 0. The van der Waals surface area contributed by atoms with E-state index in [1.165, 1.54) is 0 Å². The van der Waals surface area contributed by atoms with Crippen molar-refractivity contribution in [2.45, 2.75) is 0 Å². The van der Waals surface area contributed by atoms with Gasteiger partial charge in [0.15, 0.2) is 0 Å². The highest BCUT2D eigenvalue weighted by Gasteiger charge is 2.02. The van der Waals surface area contributed by atoms with Crippen molar-refractivity contribution in [1.29, 1.82) is 5.26 Å². The standard InChI is InChI=1S/C12H7BrN2/c13-11-4-2-1-3-10(11)12-6-5-9(7-14)8-15-12/h1-6,8H. The molecule has 0 N–H and O–H groups in total. The van der Waals surface area contributed by atoms with Crippen LogP contribution in [0.5, 0.6) is 0 Å². The number of hydrogen-bond acceptors (Lipinski definition) is 2. The molecule has 0 atom stereocenters. The van der Waals surface area contributed by atoms with Gasteiger partial charge in [-0.1, -0.05) is 34.1 Å². The lowest BCUT2D eigenvalue weighted by Gasteiger charge is -2.02. The molecule has 2 nitrogen and oxygen atoms in total. The lowest BCUT2D eigenvalue weighted by atomic mass is 10.1. The average Bonchev–Trinajstić information content (AvgIpc) is 2.30. The monoisotopic (exact) mass is 258 g/mol. The lowest BCUT2D eigenvalue weighted by molar-refractivity contribution is 1.30. The molecular weight excluding hydrogens is 252 g/mol. The van der Waals surface area contributed by atoms with Crippen molar-refractivity contribution >= 4 is 15.9 Å². The van der Waals surface area contributed by atoms with E-state index in [1.807, 2.05) is 36.4 Å². The highest BCUT2D eigenvalue weighted by molar-refractivity contribution is 9.10. The van der Waals surface area contributed by atoms with Gasteiger partial charge >= 0.3 is 0 Å². The largest absolute Gasteiger partial charge is 0.255 e. The molecular formula is C12H7BrN2. The number of halogens is 1. The predicted molar refractivity (Wildman–Crippen MR) is 62.1 cm³/mol. The van der Waals surface area contributed by atoms with Crippen molar-refractivity contribution in [3.63, 3.8) is 0 Å². The van der Waals surface area contributed by atoms with Crippen LogP contribution in [-0.4, -0.2) is 4.98 Å². The Hall–Kier alpha value is -1.66. The number of nitriles is 1. The molecule has 0 spiro atoms. The second-order valence-corrected chi connectivity index (χ2v) is 3.88. The van der Waals surface area contributed by atoms with E-state index in [2.05, 4.69) is 20.9 Å². The molecule has 1 aromatic carbocycles. The quantitative estimate of drug-likeness (QED) is 0.787. The zero-order valence-corrected chi connectivity index (χ0v) is 9.40. The molecule has 2 aromatic rings. The van der Waals surface area contributed by atoms with Crippen LogP contribution in [0.25, 0.3) is 11.3 Å². The van der Waals surface area contributed by atoms with Crippen LogP contribution in [0.3, 0.4) is 0 Å². The summed E-state index contributed by atoms with van der Waals surface area (Å²) in [5.74, 6) is 0. The van der Waals surface area contributed by atoms with Gasteiger partial charge in [-0.2, -0.15) is 5.26 Å². The van der Waals surface area contributed by atoms with E-state index in [-0.39, 0.29) is 0 Å². The summed E-state index contributed by atoms with van der Waals surface area (Å²) in [5.41, 5.74) is 2.47. The number of nitrogens with zero attached hydrogens (tertiary/aromatic N) is 2. The van der Waals surface area contributed by atoms with Crippen molar-refractivity contribution in [1.82, 2.24) is 4.98 Å². The normalized spacial score (nSPS) is 9.60. The summed E-state index contributed by atoms with van der Waals surface area (Å²) in [5, 5.41) is 8.65. The summed E-state index contributed by atoms with van der Waals surface area (Å²) in [6.45, 7) is 0. The molecule has 0 radical (unpaired) electrons. The molecule has 3 heteroatoms. The van der Waals surface area contributed by atoms with Crippen LogP contribution in [0.2, 0.25) is 0 Å². The van der Waals surface area contributed by atoms with Gasteiger partial charge < -0.3 is 0 Å². The van der Waals surface area contributed by atoms with Gasteiger partial charge in [0.05, 0.1) is 11.3 Å². The van der Waals surface area contributed by atoms with Crippen molar-refractivity contribution in [2.75, 3.05) is 0 Å². The third kappa shape index (κ3) is 2.05. The molecule has 72 valence electrons. The Morgan fingerprint density at radius 3 is 2.53 bits per heavy atom. The van der Waals surface area contributed by atoms with Gasteiger partial charge in [-0.15, -0.1) is 0 Å². The van der Waals surface area contributed by atoms with E-state index in [0.717, 1.165) is 15.7 Å². The number of hydrogen-bond donors (Lipinski definition) is 0. The topological polar surface area (TPSA) is 36.7 Å². The minimum Gasteiger partial charge on any atom is -0.255 e. The molecule has 2 rings (SSSR count). The van der Waals surface area contributed by atoms with E-state index in [4.69, 9.17) is 5.26 Å². The van der Waals surface area contributed by atoms with Crippen LogP contribution in [0.1, 0.15) is 5.56 Å². The zero-order chi connectivity index (χ0) is 10.7. The second-order valence-electron chi connectivity index (χ2n) is 3.02. The van der Waals surface area contributed by atoms with Crippen molar-refractivity contribution in [3.8, 4) is 17.3 Å². The third-order valence-corrected chi connectivity index (χ3v) is 2.73. The first kappa shape index (κ1) is 9.88. The Kier molecular flexibility index (Phi) is 2.79. The average molecular weight is 259 g/mol. The minimum absolute atomic E-state index is 0.575. The Bertz CT molecular complexity index is 512. The summed E-state index contributed by atoms with van der Waals surface area (Å²) < 4.78 is 1.00. The van der Waals surface area contributed by atoms with Crippen molar-refractivity contribution < 1.29 is 0 Å². The van der Waals surface area contributed by atoms with Crippen LogP contribution in [0, 0.1) is 11.3 Å². The maximum Gasteiger partial charge on any atom is 0.101 e. The molecule has 0 saturated heterocycles. The zero-order valence-electron chi connectivity index (χ0n) is 7.81. The van der Waals surface area contributed by atoms with Crippen LogP contribution in [-0.2, 0) is 0 Å². The molecule has 0 aliphatic rings. The highest BCUT2D eigenvalue weighted by Crippen LogP contribution is 2.25. The molecule has 0 aliphatic heterocycles. The third-order valence-electron chi connectivity index (χ3n) is 2.04. The van der Waals surface area contributed by atoms with Crippen LogP contribution in [0.4, 0.5) is 0 Å². The fourth-order valence-electron chi connectivity index (χ4n) is 1.29. The van der Waals surface area contributed by atoms with Crippen molar-refractivity contribution in [2.24, 2.45) is 0 Å². The number of aromatic nitrogens is 1. The van der Waals surface area contributed by atoms with Gasteiger partial charge in [0.1, 0.15) is 6.07 Å². The predicted octanol–water partition coefficient (Wildman–Crippen LogP) is 3.38. The number of pyridine rings is 1. The molecule has 0 amide bonds. The van der Waals surface area contributed by atoms with Crippen molar-refractivity contribution in [3.05, 3.63) is 52.6 Å². The Labute approximate surface area is 96.3 Å². The van der Waals surface area contributed by atoms with Gasteiger partial charge in [0.25, 0.3) is 0 Å². The molecule has 0 fully saturated rings. The van der Waals surface area contributed by atoms with Crippen LogP contribution >= 0.6 is 15.9 Å². The molecule has 15 heavy (non-hydrogen) atoms. The summed E-state index contributed by atoms with van der Waals surface area (Å²) in [6.07, 6.45) is 1.58. The summed E-state index contributed by atoms with van der Waals surface area (Å²) in [7, 11) is 0. The first-order valence-corrected chi connectivity index (χ1v) is 5.21. The van der Waals surface area contributed by atoms with E-state index >= 15 is 0 Å². The Morgan fingerprint density at radius 1 is 1.13 bits per heavy atom. The highest BCUT2D eigenvalue weighted by atomic mass is 79.9. The SMILES string of the molecule is N#Cc1ccc(-c2ccccc2Br)nc1. The summed E-state index contributed by atoms with van der Waals surface area (Å²) >= 11 is 3.46. The molecule has 0 aliphatic carbocycles. The van der Waals surface area contributed by atoms with E-state index in [9.17, 15) is 0 Å². The van der Waals surface area contributed by atoms with Gasteiger partial charge in [0.2, 0.25) is 0 Å². The van der Waals surface area contributed by atoms with Crippen LogP contribution in [0.15, 0.2) is 47.1 Å².